The molecule has 0 amide bonds. The van der Waals surface area contributed by atoms with Gasteiger partial charge in [-0.15, -0.1) is 0 Å². The van der Waals surface area contributed by atoms with E-state index in [2.05, 4.69) is 0 Å². The molecule has 0 aliphatic rings. The molecule has 34 heavy (non-hydrogen) atoms. The van der Waals surface area contributed by atoms with Gasteiger partial charge in [-0.05, 0) is 81.6 Å². The maximum atomic E-state index is 11.4. The Morgan fingerprint density at radius 3 is 0.941 bits per heavy atom. The molecule has 0 saturated heterocycles. The highest BCUT2D eigenvalue weighted by Gasteiger charge is 2.14. The van der Waals surface area contributed by atoms with Crippen LogP contribution in [0, 0.1) is 0 Å². The summed E-state index contributed by atoms with van der Waals surface area (Å²) in [6, 6.07) is 18.3. The van der Waals surface area contributed by atoms with Crippen molar-refractivity contribution in [2.45, 2.75) is 0 Å². The van der Waals surface area contributed by atoms with E-state index in [1.165, 1.54) is 24.3 Å². The van der Waals surface area contributed by atoms with Gasteiger partial charge in [-0.3, -0.25) is 0 Å². The lowest BCUT2D eigenvalue weighted by atomic mass is 9.94. The first-order valence-electron chi connectivity index (χ1n) is 9.90. The predicted molar refractivity (Wildman–Crippen MR) is 123 cm³/mol. The second kappa shape index (κ2) is 8.51. The van der Waals surface area contributed by atoms with Crippen molar-refractivity contribution >= 4 is 34.6 Å². The molecule has 0 unspecified atom stereocenters. The molecule has 0 saturated carbocycles. The van der Waals surface area contributed by atoms with Crippen LogP contribution in [0.1, 0.15) is 41.4 Å². The number of carboxylic acid groups (broad SMARTS) is 4. The van der Waals surface area contributed by atoms with Crippen molar-refractivity contribution in [2.24, 2.45) is 0 Å². The Kier molecular flexibility index (Phi) is 5.56. The van der Waals surface area contributed by atoms with Crippen LogP contribution in [0.2, 0.25) is 0 Å². The van der Waals surface area contributed by atoms with E-state index in [9.17, 15) is 39.6 Å². The average molecular weight is 456 g/mol. The highest BCUT2D eigenvalue weighted by molar-refractivity contribution is 5.99. The largest absolute Gasteiger partial charge is 0.478 e. The number of aromatic carboxylic acids is 4. The van der Waals surface area contributed by atoms with Gasteiger partial charge in [0.25, 0.3) is 0 Å². The zero-order chi connectivity index (χ0) is 24.6. The molecule has 168 valence electrons. The van der Waals surface area contributed by atoms with Crippen LogP contribution in [0.3, 0.4) is 0 Å². The van der Waals surface area contributed by atoms with E-state index in [-0.39, 0.29) is 22.3 Å². The lowest BCUT2D eigenvalue weighted by Crippen LogP contribution is -2.03. The fraction of sp³-hybridized carbons (Fsp3) is 0. The van der Waals surface area contributed by atoms with E-state index < -0.39 is 23.9 Å². The summed E-state index contributed by atoms with van der Waals surface area (Å²) in [6.45, 7) is 0. The van der Waals surface area contributed by atoms with E-state index in [0.29, 0.717) is 22.3 Å². The Balaban J connectivity index is 1.80. The van der Waals surface area contributed by atoms with E-state index in [4.69, 9.17) is 0 Å². The van der Waals surface area contributed by atoms with Crippen LogP contribution >= 0.6 is 0 Å². The summed E-state index contributed by atoms with van der Waals surface area (Å²) < 4.78 is 0. The van der Waals surface area contributed by atoms with Crippen LogP contribution < -0.4 is 0 Å². The molecule has 0 atom stereocenters. The van der Waals surface area contributed by atoms with Crippen molar-refractivity contribution in [1.82, 2.24) is 0 Å². The molecular formula is C26H16O8. The van der Waals surface area contributed by atoms with Crippen LogP contribution in [-0.2, 0) is 0 Å². The monoisotopic (exact) mass is 456 g/mol. The molecule has 0 aliphatic heterocycles. The normalized spacial score (nSPS) is 10.7. The third kappa shape index (κ3) is 4.33. The van der Waals surface area contributed by atoms with Crippen molar-refractivity contribution < 1.29 is 39.6 Å². The highest BCUT2D eigenvalue weighted by atomic mass is 16.4. The lowest BCUT2D eigenvalue weighted by Gasteiger charge is -2.10. The molecule has 0 heterocycles. The summed E-state index contributed by atoms with van der Waals surface area (Å²) in [5, 5.41) is 38.8. The van der Waals surface area contributed by atoms with Crippen molar-refractivity contribution in [1.29, 1.82) is 0 Å². The molecule has 0 aliphatic carbocycles. The average Bonchev–Trinajstić information content (AvgIpc) is 2.82. The molecular weight excluding hydrogens is 440 g/mol. The van der Waals surface area contributed by atoms with Crippen LogP contribution in [0.4, 0.5) is 0 Å². The number of rotatable bonds is 6. The van der Waals surface area contributed by atoms with Gasteiger partial charge in [0, 0.05) is 0 Å². The molecule has 0 radical (unpaired) electrons. The fourth-order valence-electron chi connectivity index (χ4n) is 3.69. The van der Waals surface area contributed by atoms with Gasteiger partial charge in [-0.25, -0.2) is 19.2 Å². The predicted octanol–water partition coefficient (Wildman–Crippen LogP) is 4.97. The van der Waals surface area contributed by atoms with Gasteiger partial charge in [0.05, 0.1) is 22.3 Å². The molecule has 4 aromatic carbocycles. The van der Waals surface area contributed by atoms with Crippen LogP contribution in [-0.4, -0.2) is 44.3 Å². The molecule has 4 aromatic rings. The van der Waals surface area contributed by atoms with Gasteiger partial charge < -0.3 is 20.4 Å². The Bertz CT molecular complexity index is 1340. The van der Waals surface area contributed by atoms with Crippen LogP contribution in [0.15, 0.2) is 72.8 Å². The van der Waals surface area contributed by atoms with Gasteiger partial charge in [-0.1, -0.05) is 24.3 Å². The summed E-state index contributed by atoms with van der Waals surface area (Å²) in [7, 11) is 0. The molecule has 8 heteroatoms. The van der Waals surface area contributed by atoms with Gasteiger partial charge in [0.1, 0.15) is 0 Å². The van der Waals surface area contributed by atoms with Crippen molar-refractivity contribution in [3.05, 3.63) is 95.1 Å². The summed E-state index contributed by atoms with van der Waals surface area (Å²) in [4.78, 5) is 45.6. The molecule has 0 spiro atoms. The van der Waals surface area contributed by atoms with Gasteiger partial charge in [0.2, 0.25) is 0 Å². The van der Waals surface area contributed by atoms with E-state index in [1.54, 1.807) is 36.4 Å². The SMILES string of the molecule is O=C(O)c1cc(C(=O)O)cc(-c2ccc3cc(-c4cc(C(=O)O)cc(C(=O)O)c4)ccc3c2)c1. The zero-order valence-electron chi connectivity index (χ0n) is 17.4. The smallest absolute Gasteiger partial charge is 0.335 e. The Labute approximate surface area is 192 Å². The summed E-state index contributed by atoms with van der Waals surface area (Å²) in [6.07, 6.45) is 0. The second-order valence-electron chi connectivity index (χ2n) is 7.60. The van der Waals surface area contributed by atoms with E-state index >= 15 is 0 Å². The van der Waals surface area contributed by atoms with Gasteiger partial charge in [0.15, 0.2) is 0 Å². The Morgan fingerprint density at radius 2 is 0.676 bits per heavy atom. The number of carbonyl (C=O) groups is 4. The quantitative estimate of drug-likeness (QED) is 0.318. The second-order valence-corrected chi connectivity index (χ2v) is 7.60. The maximum Gasteiger partial charge on any atom is 0.335 e. The molecule has 0 fully saturated rings. The molecule has 0 aromatic heterocycles. The van der Waals surface area contributed by atoms with E-state index in [1.807, 2.05) is 0 Å². The zero-order valence-corrected chi connectivity index (χ0v) is 17.4. The maximum absolute atomic E-state index is 11.4. The first-order chi connectivity index (χ1) is 16.1. The first kappa shape index (κ1) is 22.2. The van der Waals surface area contributed by atoms with Crippen molar-refractivity contribution in [2.75, 3.05) is 0 Å². The van der Waals surface area contributed by atoms with Crippen molar-refractivity contribution in [3.63, 3.8) is 0 Å². The summed E-state index contributed by atoms with van der Waals surface area (Å²) in [5.41, 5.74) is 1.54. The Hall–Kier alpha value is -4.98. The topological polar surface area (TPSA) is 149 Å². The summed E-state index contributed by atoms with van der Waals surface area (Å²) in [5.74, 6) is -4.95. The molecule has 8 nitrogen and oxygen atoms in total. The van der Waals surface area contributed by atoms with Crippen LogP contribution in [0.5, 0.6) is 0 Å². The molecule has 4 rings (SSSR count). The number of fused-ring (bicyclic) bond motifs is 1. The highest BCUT2D eigenvalue weighted by Crippen LogP contribution is 2.30. The van der Waals surface area contributed by atoms with Crippen molar-refractivity contribution in [3.8, 4) is 22.3 Å². The minimum Gasteiger partial charge on any atom is -0.478 e. The number of benzene rings is 4. The third-order valence-corrected chi connectivity index (χ3v) is 5.36. The van der Waals surface area contributed by atoms with Crippen LogP contribution in [0.25, 0.3) is 33.0 Å². The molecule has 0 bridgehead atoms. The molecule has 4 N–H and O–H groups in total. The standard InChI is InChI=1S/C26H16O8/c27-23(28)19-7-17(8-20(11-19)24(29)30)15-3-1-13-5-16(4-2-14(13)6-15)18-9-21(25(31)32)12-22(10-18)26(33)34/h1-12H,(H,27,28)(H,29,30)(H,31,32)(H,33,34). The first-order valence-corrected chi connectivity index (χ1v) is 9.90. The third-order valence-electron chi connectivity index (χ3n) is 5.36. The van der Waals surface area contributed by atoms with E-state index in [0.717, 1.165) is 22.9 Å². The number of hydrogen-bond acceptors (Lipinski definition) is 4. The minimum absolute atomic E-state index is 0.141. The minimum atomic E-state index is -1.24. The number of carboxylic acids is 4. The Morgan fingerprint density at radius 1 is 0.382 bits per heavy atom. The summed E-state index contributed by atoms with van der Waals surface area (Å²) >= 11 is 0. The lowest BCUT2D eigenvalue weighted by molar-refractivity contribution is 0.0676. The van der Waals surface area contributed by atoms with Gasteiger partial charge in [-0.2, -0.15) is 0 Å². The fourth-order valence-corrected chi connectivity index (χ4v) is 3.69. The van der Waals surface area contributed by atoms with Gasteiger partial charge >= 0.3 is 23.9 Å². The number of hydrogen-bond donors (Lipinski definition) is 4.